The van der Waals surface area contributed by atoms with E-state index in [2.05, 4.69) is 48.0 Å². The molecule has 4 rings (SSSR count). The third-order valence-electron chi connectivity index (χ3n) is 6.24. The average molecular weight is 296 g/mol. The van der Waals surface area contributed by atoms with Gasteiger partial charge >= 0.3 is 0 Å². The molecular formula is C20H28N2. The second-order valence-corrected chi connectivity index (χ2v) is 7.39. The van der Waals surface area contributed by atoms with Crippen molar-refractivity contribution < 1.29 is 0 Å². The van der Waals surface area contributed by atoms with Crippen molar-refractivity contribution in [2.24, 2.45) is 5.92 Å². The Labute approximate surface area is 133 Å². The lowest BCUT2D eigenvalue weighted by molar-refractivity contribution is -0.000470. The zero-order valence-corrected chi connectivity index (χ0v) is 14.0. The maximum atomic E-state index is 3.84. The zero-order chi connectivity index (χ0) is 15.2. The summed E-state index contributed by atoms with van der Waals surface area (Å²) in [7, 11) is 0. The number of hydrogen-bond acceptors (Lipinski definition) is 1. The van der Waals surface area contributed by atoms with E-state index in [1.54, 1.807) is 5.56 Å². The predicted octanol–water partition coefficient (Wildman–Crippen LogP) is 4.84. The smallest absolute Gasteiger partial charge is 0.0614 e. The van der Waals surface area contributed by atoms with E-state index in [0.29, 0.717) is 0 Å². The fourth-order valence-corrected chi connectivity index (χ4v) is 5.12. The molecule has 2 nitrogen and oxygen atoms in total. The normalized spacial score (nSPS) is 29.1. The molecule has 2 atom stereocenters. The molecule has 0 bridgehead atoms. The minimum Gasteiger partial charge on any atom is -0.357 e. The molecule has 1 fully saturated rings. The first-order chi connectivity index (χ1) is 10.7. The van der Waals surface area contributed by atoms with E-state index in [4.69, 9.17) is 0 Å². The van der Waals surface area contributed by atoms with Crippen molar-refractivity contribution in [2.75, 3.05) is 13.1 Å². The molecule has 1 aromatic heterocycles. The highest BCUT2D eigenvalue weighted by Crippen LogP contribution is 2.47. The van der Waals surface area contributed by atoms with Gasteiger partial charge in [-0.1, -0.05) is 31.5 Å². The Morgan fingerprint density at radius 3 is 2.91 bits per heavy atom. The third kappa shape index (κ3) is 1.96. The standard InChI is InChI=1S/C20H28N2/c1-3-8-15-9-6-13-22-14-7-11-17-16-10-4-5-12-18(16)21-19(17)20(15,22)2/h4-5,10,12,15,21H,3,6-9,11,13-14H2,1-2H3/t15?,20-/m1/s1. The second kappa shape index (κ2) is 5.42. The lowest BCUT2D eigenvalue weighted by atomic mass is 9.72. The first kappa shape index (κ1) is 14.3. The number of benzene rings is 1. The van der Waals surface area contributed by atoms with Gasteiger partial charge in [-0.15, -0.1) is 0 Å². The van der Waals surface area contributed by atoms with E-state index >= 15 is 0 Å². The summed E-state index contributed by atoms with van der Waals surface area (Å²) in [5, 5.41) is 1.46. The number of aromatic nitrogens is 1. The minimum atomic E-state index is 0.207. The lowest BCUT2D eigenvalue weighted by Gasteiger charge is -2.49. The number of aromatic amines is 1. The SMILES string of the molecule is CCCC1CCCN2CCCc3c([nH]c4ccccc34)[C@@]12C. The second-order valence-electron chi connectivity index (χ2n) is 7.39. The number of piperidine rings is 1. The predicted molar refractivity (Wildman–Crippen MR) is 93.2 cm³/mol. The van der Waals surface area contributed by atoms with Gasteiger partial charge in [0, 0.05) is 16.6 Å². The molecule has 0 amide bonds. The maximum Gasteiger partial charge on any atom is 0.0614 e. The third-order valence-corrected chi connectivity index (χ3v) is 6.24. The van der Waals surface area contributed by atoms with Gasteiger partial charge in [0.15, 0.2) is 0 Å². The Bertz CT molecular complexity index is 669. The van der Waals surface area contributed by atoms with Gasteiger partial charge in [0.25, 0.3) is 0 Å². The lowest BCUT2D eigenvalue weighted by Crippen LogP contribution is -2.53. The van der Waals surface area contributed by atoms with Crippen LogP contribution in [0.1, 0.15) is 57.2 Å². The number of fused-ring (bicyclic) bond motifs is 5. The number of hydrogen-bond donors (Lipinski definition) is 1. The van der Waals surface area contributed by atoms with Crippen LogP contribution in [-0.4, -0.2) is 23.0 Å². The highest BCUT2D eigenvalue weighted by Gasteiger charge is 2.46. The van der Waals surface area contributed by atoms with Crippen LogP contribution in [-0.2, 0) is 12.0 Å². The van der Waals surface area contributed by atoms with Crippen molar-refractivity contribution in [3.8, 4) is 0 Å². The van der Waals surface area contributed by atoms with E-state index in [1.165, 1.54) is 68.2 Å². The van der Waals surface area contributed by atoms with E-state index in [-0.39, 0.29) is 5.54 Å². The molecule has 22 heavy (non-hydrogen) atoms. The van der Waals surface area contributed by atoms with Crippen LogP contribution in [0.4, 0.5) is 0 Å². The van der Waals surface area contributed by atoms with Crippen molar-refractivity contribution in [1.29, 1.82) is 0 Å². The van der Waals surface area contributed by atoms with Crippen molar-refractivity contribution in [2.45, 2.75) is 57.9 Å². The van der Waals surface area contributed by atoms with Crippen LogP contribution >= 0.6 is 0 Å². The number of nitrogens with zero attached hydrogens (tertiary/aromatic N) is 1. The molecule has 118 valence electrons. The summed E-state index contributed by atoms with van der Waals surface area (Å²) in [5.41, 5.74) is 4.67. The fourth-order valence-electron chi connectivity index (χ4n) is 5.12. The van der Waals surface area contributed by atoms with Crippen LogP contribution in [0.5, 0.6) is 0 Å². The van der Waals surface area contributed by atoms with E-state index in [9.17, 15) is 0 Å². The van der Waals surface area contributed by atoms with Crippen LogP contribution < -0.4 is 0 Å². The van der Waals surface area contributed by atoms with E-state index < -0.39 is 0 Å². The minimum absolute atomic E-state index is 0.207. The van der Waals surface area contributed by atoms with Gasteiger partial charge in [-0.2, -0.15) is 0 Å². The molecule has 2 heteroatoms. The van der Waals surface area contributed by atoms with Crippen molar-refractivity contribution in [1.82, 2.24) is 9.88 Å². The summed E-state index contributed by atoms with van der Waals surface area (Å²) in [4.78, 5) is 6.63. The number of rotatable bonds is 2. The van der Waals surface area contributed by atoms with Gasteiger partial charge in [0.1, 0.15) is 0 Å². The first-order valence-corrected chi connectivity index (χ1v) is 9.10. The summed E-state index contributed by atoms with van der Waals surface area (Å²) in [6.45, 7) is 7.39. The Kier molecular flexibility index (Phi) is 3.53. The topological polar surface area (TPSA) is 19.0 Å². The Balaban J connectivity index is 1.91. The summed E-state index contributed by atoms with van der Waals surface area (Å²) in [5.74, 6) is 0.788. The molecule has 2 aliphatic rings. The monoisotopic (exact) mass is 296 g/mol. The van der Waals surface area contributed by atoms with Crippen LogP contribution in [0.25, 0.3) is 10.9 Å². The van der Waals surface area contributed by atoms with Crippen LogP contribution in [0, 0.1) is 5.92 Å². The van der Waals surface area contributed by atoms with Crippen LogP contribution in [0.15, 0.2) is 24.3 Å². The Morgan fingerprint density at radius 1 is 1.23 bits per heavy atom. The molecule has 2 aliphatic heterocycles. The summed E-state index contributed by atoms with van der Waals surface area (Å²) < 4.78 is 0. The van der Waals surface area contributed by atoms with Crippen LogP contribution in [0.2, 0.25) is 0 Å². The summed E-state index contributed by atoms with van der Waals surface area (Å²) in [6.07, 6.45) is 7.92. The molecule has 1 N–H and O–H groups in total. The molecule has 3 heterocycles. The van der Waals surface area contributed by atoms with Gasteiger partial charge in [-0.25, -0.2) is 0 Å². The molecule has 1 saturated heterocycles. The van der Waals surface area contributed by atoms with Gasteiger partial charge < -0.3 is 4.98 Å². The summed E-state index contributed by atoms with van der Waals surface area (Å²) in [6, 6.07) is 8.89. The number of aryl methyl sites for hydroxylation is 1. The molecule has 0 saturated carbocycles. The van der Waals surface area contributed by atoms with Crippen molar-refractivity contribution in [3.63, 3.8) is 0 Å². The molecule has 0 spiro atoms. The molecule has 0 aliphatic carbocycles. The highest BCUT2D eigenvalue weighted by atomic mass is 15.2. The summed E-state index contributed by atoms with van der Waals surface area (Å²) >= 11 is 0. The number of nitrogens with one attached hydrogen (secondary N) is 1. The maximum absolute atomic E-state index is 3.84. The quantitative estimate of drug-likeness (QED) is 0.840. The average Bonchev–Trinajstić information content (AvgIpc) is 2.84. The van der Waals surface area contributed by atoms with E-state index in [1.807, 2.05) is 0 Å². The van der Waals surface area contributed by atoms with Gasteiger partial charge in [0.2, 0.25) is 0 Å². The number of para-hydroxylation sites is 1. The largest absolute Gasteiger partial charge is 0.357 e. The number of H-pyrrole nitrogens is 1. The molecule has 2 aromatic rings. The molecular weight excluding hydrogens is 268 g/mol. The molecule has 1 aromatic carbocycles. The van der Waals surface area contributed by atoms with Gasteiger partial charge in [-0.05, 0) is 69.7 Å². The first-order valence-electron chi connectivity index (χ1n) is 9.10. The van der Waals surface area contributed by atoms with Crippen LogP contribution in [0.3, 0.4) is 0 Å². The van der Waals surface area contributed by atoms with Gasteiger partial charge in [-0.3, -0.25) is 4.90 Å². The Morgan fingerprint density at radius 2 is 2.05 bits per heavy atom. The van der Waals surface area contributed by atoms with Crippen molar-refractivity contribution in [3.05, 3.63) is 35.5 Å². The molecule has 0 radical (unpaired) electrons. The van der Waals surface area contributed by atoms with Gasteiger partial charge in [0.05, 0.1) is 5.54 Å². The zero-order valence-electron chi connectivity index (χ0n) is 14.0. The highest BCUT2D eigenvalue weighted by molar-refractivity contribution is 5.85. The van der Waals surface area contributed by atoms with E-state index in [0.717, 1.165) is 5.92 Å². The fraction of sp³-hybridized carbons (Fsp3) is 0.600. The van der Waals surface area contributed by atoms with Crippen molar-refractivity contribution >= 4 is 10.9 Å². The molecule has 1 unspecified atom stereocenters. The Hall–Kier alpha value is -1.28.